The molecule has 3 rings (SSSR count). The van der Waals surface area contributed by atoms with Crippen LogP contribution >= 0.6 is 0 Å². The molecule has 1 aromatic rings. The van der Waals surface area contributed by atoms with Gasteiger partial charge in [0.1, 0.15) is 5.82 Å². The summed E-state index contributed by atoms with van der Waals surface area (Å²) in [5, 5.41) is 10.2. The highest BCUT2D eigenvalue weighted by Crippen LogP contribution is 2.47. The number of aromatic amines is 1. The summed E-state index contributed by atoms with van der Waals surface area (Å²) in [6.45, 7) is 3.49. The lowest BCUT2D eigenvalue weighted by atomic mass is 10.1. The van der Waals surface area contributed by atoms with Gasteiger partial charge in [-0.05, 0) is 12.8 Å². The number of aliphatic hydroxyl groups excluding tert-OH is 1. The molecule has 2 heterocycles. The van der Waals surface area contributed by atoms with Gasteiger partial charge in [-0.15, -0.1) is 0 Å². The number of hydrogen-bond acceptors (Lipinski definition) is 5. The molecule has 1 amide bonds. The first kappa shape index (κ1) is 15.5. The fourth-order valence-corrected chi connectivity index (χ4v) is 3.16. The van der Waals surface area contributed by atoms with Gasteiger partial charge in [0.2, 0.25) is 5.91 Å². The molecule has 0 spiro atoms. The predicted octanol–water partition coefficient (Wildman–Crippen LogP) is -0.159. The molecule has 0 radical (unpaired) electrons. The van der Waals surface area contributed by atoms with E-state index in [1.165, 1.54) is 0 Å². The van der Waals surface area contributed by atoms with Gasteiger partial charge in [-0.1, -0.05) is 0 Å². The lowest BCUT2D eigenvalue weighted by molar-refractivity contribution is -0.140. The second-order valence-electron chi connectivity index (χ2n) is 6.39. The van der Waals surface area contributed by atoms with Crippen molar-refractivity contribution in [2.24, 2.45) is 5.41 Å². The minimum absolute atomic E-state index is 0.133. The Balaban J connectivity index is 1.60. The Morgan fingerprint density at radius 2 is 2.32 bits per heavy atom. The maximum atomic E-state index is 12.7. The van der Waals surface area contributed by atoms with Crippen molar-refractivity contribution in [1.82, 2.24) is 19.8 Å². The van der Waals surface area contributed by atoms with E-state index in [0.717, 1.165) is 25.2 Å². The highest BCUT2D eigenvalue weighted by atomic mass is 16.5. The minimum Gasteiger partial charge on any atom is -0.390 e. The smallest absolute Gasteiger partial charge is 0.231 e. The number of nitrogens with zero attached hydrogens (tertiary/aromatic N) is 3. The second kappa shape index (κ2) is 6.36. The number of aliphatic hydroxyl groups is 1. The Morgan fingerprint density at radius 1 is 1.50 bits per heavy atom. The molecule has 1 atom stereocenters. The van der Waals surface area contributed by atoms with Crippen molar-refractivity contribution in [3.63, 3.8) is 0 Å². The standard InChI is InChI=1S/C15H24N4O3/c1-22-11-15(2-3-15)14(21)19-7-6-18(8-12(20)9-19)10-13-16-4-5-17-13/h4-5,12,20H,2-3,6-11H2,1H3,(H,16,17). The van der Waals surface area contributed by atoms with Gasteiger partial charge >= 0.3 is 0 Å². The average Bonchev–Trinajstić information content (AvgIpc) is 3.14. The van der Waals surface area contributed by atoms with Gasteiger partial charge in [-0.25, -0.2) is 4.98 Å². The van der Waals surface area contributed by atoms with Crippen molar-refractivity contribution in [3.05, 3.63) is 18.2 Å². The van der Waals surface area contributed by atoms with Crippen LogP contribution in [0.2, 0.25) is 0 Å². The quantitative estimate of drug-likeness (QED) is 0.790. The fourth-order valence-electron chi connectivity index (χ4n) is 3.16. The van der Waals surface area contributed by atoms with Crippen LogP contribution in [0, 0.1) is 5.41 Å². The number of rotatable bonds is 5. The third kappa shape index (κ3) is 3.31. The summed E-state index contributed by atoms with van der Waals surface area (Å²) in [4.78, 5) is 23.9. The van der Waals surface area contributed by atoms with Crippen LogP contribution < -0.4 is 0 Å². The van der Waals surface area contributed by atoms with Crippen molar-refractivity contribution in [3.8, 4) is 0 Å². The van der Waals surface area contributed by atoms with Crippen LogP contribution in [0.5, 0.6) is 0 Å². The van der Waals surface area contributed by atoms with Crippen molar-refractivity contribution in [2.75, 3.05) is 39.9 Å². The van der Waals surface area contributed by atoms with Gasteiger partial charge < -0.3 is 19.7 Å². The van der Waals surface area contributed by atoms with E-state index in [9.17, 15) is 9.90 Å². The molecule has 7 nitrogen and oxygen atoms in total. The van der Waals surface area contributed by atoms with E-state index in [-0.39, 0.29) is 11.3 Å². The highest BCUT2D eigenvalue weighted by molar-refractivity contribution is 5.85. The van der Waals surface area contributed by atoms with Gasteiger partial charge in [-0.2, -0.15) is 0 Å². The lowest BCUT2D eigenvalue weighted by Gasteiger charge is -2.26. The van der Waals surface area contributed by atoms with Crippen LogP contribution in [-0.2, 0) is 16.1 Å². The monoisotopic (exact) mass is 308 g/mol. The Kier molecular flexibility index (Phi) is 4.46. The molecule has 2 N–H and O–H groups in total. The first-order chi connectivity index (χ1) is 10.6. The summed E-state index contributed by atoms with van der Waals surface area (Å²) < 4.78 is 5.20. The molecule has 2 fully saturated rings. The second-order valence-corrected chi connectivity index (χ2v) is 6.39. The van der Waals surface area contributed by atoms with E-state index in [2.05, 4.69) is 14.9 Å². The zero-order valence-electron chi connectivity index (χ0n) is 13.0. The fraction of sp³-hybridized carbons (Fsp3) is 0.733. The molecule has 0 bridgehead atoms. The summed E-state index contributed by atoms with van der Waals surface area (Å²) >= 11 is 0. The van der Waals surface area contributed by atoms with Gasteiger partial charge in [-0.3, -0.25) is 9.69 Å². The van der Waals surface area contributed by atoms with E-state index < -0.39 is 6.10 Å². The zero-order chi connectivity index (χ0) is 15.6. The number of ether oxygens (including phenoxy) is 1. The SMILES string of the molecule is COCC1(C(=O)N2CCN(Cc3ncc[nH]3)CC(O)C2)CC1. The van der Waals surface area contributed by atoms with Crippen molar-refractivity contribution >= 4 is 5.91 Å². The van der Waals surface area contributed by atoms with Crippen LogP contribution in [0.4, 0.5) is 0 Å². The molecular formula is C15H24N4O3. The van der Waals surface area contributed by atoms with Crippen LogP contribution in [0.25, 0.3) is 0 Å². The van der Waals surface area contributed by atoms with Crippen molar-refractivity contribution < 1.29 is 14.6 Å². The number of aromatic nitrogens is 2. The first-order valence-electron chi connectivity index (χ1n) is 7.80. The summed E-state index contributed by atoms with van der Waals surface area (Å²) in [5.74, 6) is 1.01. The van der Waals surface area contributed by atoms with Crippen LogP contribution in [0.15, 0.2) is 12.4 Å². The van der Waals surface area contributed by atoms with Gasteiger partial charge in [0.15, 0.2) is 0 Å². The number of amides is 1. The predicted molar refractivity (Wildman–Crippen MR) is 80.0 cm³/mol. The zero-order valence-corrected chi connectivity index (χ0v) is 13.0. The Hall–Kier alpha value is -1.44. The summed E-state index contributed by atoms with van der Waals surface area (Å²) in [7, 11) is 1.63. The van der Waals surface area contributed by atoms with E-state index in [1.54, 1.807) is 24.4 Å². The van der Waals surface area contributed by atoms with Crippen molar-refractivity contribution in [2.45, 2.75) is 25.5 Å². The third-order valence-electron chi connectivity index (χ3n) is 4.53. The summed E-state index contributed by atoms with van der Waals surface area (Å²) in [6, 6.07) is 0. The highest BCUT2D eigenvalue weighted by Gasteiger charge is 2.52. The molecule has 22 heavy (non-hydrogen) atoms. The lowest BCUT2D eigenvalue weighted by Crippen LogP contribution is -2.43. The Morgan fingerprint density at radius 3 is 2.95 bits per heavy atom. The van der Waals surface area contributed by atoms with Gasteiger partial charge in [0.05, 0.1) is 24.7 Å². The number of β-amino-alcohol motifs (C(OH)–C–C–N with tert-alkyl or cyclic N) is 1. The number of nitrogens with one attached hydrogen (secondary N) is 1. The van der Waals surface area contributed by atoms with Crippen LogP contribution in [-0.4, -0.2) is 76.8 Å². The Bertz CT molecular complexity index is 501. The average molecular weight is 308 g/mol. The number of imidazole rings is 1. The van der Waals surface area contributed by atoms with E-state index in [1.807, 2.05) is 0 Å². The van der Waals surface area contributed by atoms with Crippen LogP contribution in [0.1, 0.15) is 18.7 Å². The van der Waals surface area contributed by atoms with E-state index in [4.69, 9.17) is 4.74 Å². The maximum Gasteiger partial charge on any atom is 0.231 e. The molecular weight excluding hydrogens is 284 g/mol. The van der Waals surface area contributed by atoms with E-state index >= 15 is 0 Å². The first-order valence-corrected chi connectivity index (χ1v) is 7.80. The maximum absolute atomic E-state index is 12.7. The molecule has 1 unspecified atom stereocenters. The number of carbonyl (C=O) groups excluding carboxylic acids is 1. The number of carbonyl (C=O) groups is 1. The molecule has 0 aromatic carbocycles. The molecule has 2 aliphatic rings. The Labute approximate surface area is 130 Å². The topological polar surface area (TPSA) is 81.7 Å². The third-order valence-corrected chi connectivity index (χ3v) is 4.53. The summed E-state index contributed by atoms with van der Waals surface area (Å²) in [5.41, 5.74) is -0.329. The summed E-state index contributed by atoms with van der Waals surface area (Å²) in [6.07, 6.45) is 4.77. The van der Waals surface area contributed by atoms with E-state index in [0.29, 0.717) is 32.8 Å². The number of H-pyrrole nitrogens is 1. The minimum atomic E-state index is -0.528. The molecule has 1 aliphatic carbocycles. The molecule has 1 saturated heterocycles. The number of methoxy groups -OCH3 is 1. The van der Waals surface area contributed by atoms with Gasteiger partial charge in [0, 0.05) is 45.7 Å². The normalized spacial score (nSPS) is 25.0. The molecule has 1 aliphatic heterocycles. The molecule has 1 aromatic heterocycles. The molecule has 1 saturated carbocycles. The number of hydrogen-bond donors (Lipinski definition) is 2. The molecule has 122 valence electrons. The van der Waals surface area contributed by atoms with Crippen LogP contribution in [0.3, 0.4) is 0 Å². The largest absolute Gasteiger partial charge is 0.390 e. The van der Waals surface area contributed by atoms with Gasteiger partial charge in [0.25, 0.3) is 0 Å². The van der Waals surface area contributed by atoms with Crippen molar-refractivity contribution in [1.29, 1.82) is 0 Å². The molecule has 7 heteroatoms.